The summed E-state index contributed by atoms with van der Waals surface area (Å²) in [5.74, 6) is -0.687. The van der Waals surface area contributed by atoms with Gasteiger partial charge in [0.25, 0.3) is 5.91 Å². The topological polar surface area (TPSA) is 32.3 Å². The Labute approximate surface area is 121 Å². The lowest BCUT2D eigenvalue weighted by molar-refractivity contribution is 0.0651. The third kappa shape index (κ3) is 3.15. The number of nitrogens with zero attached hydrogens (tertiary/aromatic N) is 1. The molecule has 0 bridgehead atoms. The number of halogens is 2. The number of carbonyl (C=O) groups is 1. The molecule has 0 saturated carbocycles. The van der Waals surface area contributed by atoms with Crippen LogP contribution in [0, 0.1) is 5.82 Å². The molecule has 1 fully saturated rings. The smallest absolute Gasteiger partial charge is 0.257 e. The first kappa shape index (κ1) is 14.5. The fourth-order valence-corrected chi connectivity index (χ4v) is 2.88. The summed E-state index contributed by atoms with van der Waals surface area (Å²) in [6, 6.07) is 5.05. The molecule has 0 unspecified atom stereocenters. The summed E-state index contributed by atoms with van der Waals surface area (Å²) in [6.45, 7) is 4.37. The van der Waals surface area contributed by atoms with E-state index in [2.05, 4.69) is 21.2 Å². The van der Waals surface area contributed by atoms with Gasteiger partial charge < -0.3 is 10.2 Å². The second kappa shape index (κ2) is 6.48. The van der Waals surface area contributed by atoms with Crippen LogP contribution in [0.5, 0.6) is 0 Å². The van der Waals surface area contributed by atoms with Gasteiger partial charge in [0.05, 0.1) is 10.0 Å². The molecule has 0 aromatic heterocycles. The van der Waals surface area contributed by atoms with Crippen molar-refractivity contribution in [3.05, 3.63) is 34.1 Å². The van der Waals surface area contributed by atoms with E-state index in [-0.39, 0.29) is 17.5 Å². The zero-order valence-corrected chi connectivity index (χ0v) is 12.5. The molecule has 5 heteroatoms. The number of carbonyl (C=O) groups excluding carboxylic acids is 1. The van der Waals surface area contributed by atoms with Gasteiger partial charge in [-0.2, -0.15) is 0 Å². The average Bonchev–Trinajstić information content (AvgIpc) is 2.44. The molecule has 1 aromatic carbocycles. The number of nitrogens with one attached hydrogen (secondary N) is 1. The fraction of sp³-hybridized carbons (Fsp3) is 0.500. The Balaban J connectivity index is 2.22. The van der Waals surface area contributed by atoms with Gasteiger partial charge in [-0.25, -0.2) is 4.39 Å². The van der Waals surface area contributed by atoms with E-state index in [4.69, 9.17) is 0 Å². The molecule has 1 aliphatic rings. The highest BCUT2D eigenvalue weighted by Gasteiger charge is 2.26. The first-order valence-corrected chi connectivity index (χ1v) is 7.40. The normalized spacial score (nSPS) is 16.4. The van der Waals surface area contributed by atoms with E-state index in [1.807, 2.05) is 6.92 Å². The zero-order valence-electron chi connectivity index (χ0n) is 11.0. The number of rotatable bonds is 3. The third-order valence-corrected chi connectivity index (χ3v) is 4.15. The van der Waals surface area contributed by atoms with E-state index >= 15 is 0 Å². The minimum atomic E-state index is -0.472. The van der Waals surface area contributed by atoms with Crippen molar-refractivity contribution in [1.82, 2.24) is 10.2 Å². The maximum absolute atomic E-state index is 14.0. The van der Waals surface area contributed by atoms with Gasteiger partial charge in [-0.3, -0.25) is 4.79 Å². The Morgan fingerprint density at radius 3 is 2.79 bits per heavy atom. The molecule has 0 spiro atoms. The van der Waals surface area contributed by atoms with E-state index in [1.54, 1.807) is 23.1 Å². The molecule has 2 rings (SSSR count). The minimum Gasteiger partial charge on any atom is -0.336 e. The predicted octanol–water partition coefficient (Wildman–Crippen LogP) is 2.80. The summed E-state index contributed by atoms with van der Waals surface area (Å²) in [7, 11) is 0. The van der Waals surface area contributed by atoms with Crippen molar-refractivity contribution in [1.29, 1.82) is 0 Å². The highest BCUT2D eigenvalue weighted by molar-refractivity contribution is 9.10. The molecule has 1 aromatic rings. The second-order valence-corrected chi connectivity index (χ2v) is 5.53. The monoisotopic (exact) mass is 328 g/mol. The fourth-order valence-electron chi connectivity index (χ4n) is 2.51. The lowest BCUT2D eigenvalue weighted by atomic mass is 10.0. The average molecular weight is 329 g/mol. The predicted molar refractivity (Wildman–Crippen MR) is 76.7 cm³/mol. The van der Waals surface area contributed by atoms with Crippen LogP contribution in [0.2, 0.25) is 0 Å². The molecule has 1 saturated heterocycles. The Hall–Kier alpha value is -0.940. The lowest BCUT2D eigenvalue weighted by Gasteiger charge is -2.34. The molecule has 1 heterocycles. The number of amides is 1. The second-order valence-electron chi connectivity index (χ2n) is 4.67. The van der Waals surface area contributed by atoms with Gasteiger partial charge in [0, 0.05) is 12.6 Å². The van der Waals surface area contributed by atoms with Gasteiger partial charge in [0.2, 0.25) is 0 Å². The number of piperidine rings is 1. The van der Waals surface area contributed by atoms with Crippen LogP contribution in [0.15, 0.2) is 22.7 Å². The number of benzene rings is 1. The molecule has 1 amide bonds. The van der Waals surface area contributed by atoms with Crippen molar-refractivity contribution in [3.63, 3.8) is 0 Å². The molecule has 1 N–H and O–H groups in total. The molecule has 19 heavy (non-hydrogen) atoms. The zero-order chi connectivity index (χ0) is 13.8. The van der Waals surface area contributed by atoms with Gasteiger partial charge in [-0.15, -0.1) is 0 Å². The molecular formula is C14H18BrFN2O. The Morgan fingerprint density at radius 2 is 2.16 bits per heavy atom. The Morgan fingerprint density at radius 1 is 1.47 bits per heavy atom. The summed E-state index contributed by atoms with van der Waals surface area (Å²) in [5.41, 5.74) is 0.148. The van der Waals surface area contributed by atoms with E-state index in [0.29, 0.717) is 11.0 Å². The molecule has 0 aliphatic carbocycles. The lowest BCUT2D eigenvalue weighted by Crippen LogP contribution is -2.46. The van der Waals surface area contributed by atoms with Crippen molar-refractivity contribution < 1.29 is 9.18 Å². The van der Waals surface area contributed by atoms with E-state index in [9.17, 15) is 9.18 Å². The van der Waals surface area contributed by atoms with Crippen LogP contribution in [0.3, 0.4) is 0 Å². The minimum absolute atomic E-state index is 0.148. The summed E-state index contributed by atoms with van der Waals surface area (Å²) < 4.78 is 14.3. The van der Waals surface area contributed by atoms with Crippen molar-refractivity contribution in [2.45, 2.75) is 25.8 Å². The molecule has 3 nitrogen and oxygen atoms in total. The molecule has 0 radical (unpaired) electrons. The van der Waals surface area contributed by atoms with Crippen molar-refractivity contribution in [2.24, 2.45) is 0 Å². The molecule has 1 aliphatic heterocycles. The van der Waals surface area contributed by atoms with Crippen molar-refractivity contribution in [3.8, 4) is 0 Å². The van der Waals surface area contributed by atoms with Gasteiger partial charge in [-0.05, 0) is 60.9 Å². The largest absolute Gasteiger partial charge is 0.336 e. The molecular weight excluding hydrogens is 311 g/mol. The molecule has 0 atom stereocenters. The van der Waals surface area contributed by atoms with Crippen LogP contribution in [-0.2, 0) is 0 Å². The van der Waals surface area contributed by atoms with Crippen LogP contribution in [0.4, 0.5) is 4.39 Å². The van der Waals surface area contributed by atoms with E-state index in [1.165, 1.54) is 0 Å². The summed E-state index contributed by atoms with van der Waals surface area (Å²) in [4.78, 5) is 14.3. The summed E-state index contributed by atoms with van der Waals surface area (Å²) in [5, 5.41) is 3.27. The first-order valence-electron chi connectivity index (χ1n) is 6.60. The highest BCUT2D eigenvalue weighted by Crippen LogP contribution is 2.22. The van der Waals surface area contributed by atoms with Crippen LogP contribution < -0.4 is 5.32 Å². The number of hydrogen-bond donors (Lipinski definition) is 1. The van der Waals surface area contributed by atoms with Crippen LogP contribution in [-0.4, -0.2) is 36.5 Å². The SMILES string of the molecule is CCN(C(=O)c1cccc(Br)c1F)C1CCNCC1. The van der Waals surface area contributed by atoms with Crippen LogP contribution in [0.25, 0.3) is 0 Å². The van der Waals surface area contributed by atoms with Crippen molar-refractivity contribution in [2.75, 3.05) is 19.6 Å². The maximum atomic E-state index is 14.0. The summed E-state index contributed by atoms with van der Waals surface area (Å²) >= 11 is 3.13. The van der Waals surface area contributed by atoms with Gasteiger partial charge in [0.1, 0.15) is 5.82 Å². The van der Waals surface area contributed by atoms with Crippen molar-refractivity contribution >= 4 is 21.8 Å². The van der Waals surface area contributed by atoms with E-state index in [0.717, 1.165) is 25.9 Å². The quantitative estimate of drug-likeness (QED) is 0.925. The Kier molecular flexibility index (Phi) is 4.93. The maximum Gasteiger partial charge on any atom is 0.257 e. The standard InChI is InChI=1S/C14H18BrFN2O/c1-2-18(10-6-8-17-9-7-10)14(19)11-4-3-5-12(15)13(11)16/h3-5,10,17H,2,6-9H2,1H3. The van der Waals surface area contributed by atoms with Crippen LogP contribution >= 0.6 is 15.9 Å². The highest BCUT2D eigenvalue weighted by atomic mass is 79.9. The number of hydrogen-bond acceptors (Lipinski definition) is 2. The van der Waals surface area contributed by atoms with Crippen LogP contribution in [0.1, 0.15) is 30.1 Å². The van der Waals surface area contributed by atoms with Gasteiger partial charge >= 0.3 is 0 Å². The van der Waals surface area contributed by atoms with Gasteiger partial charge in [0.15, 0.2) is 0 Å². The van der Waals surface area contributed by atoms with E-state index < -0.39 is 5.82 Å². The summed E-state index contributed by atoms with van der Waals surface area (Å²) in [6.07, 6.45) is 1.85. The Bertz CT molecular complexity index is 461. The first-order chi connectivity index (χ1) is 9.15. The van der Waals surface area contributed by atoms with Gasteiger partial charge in [-0.1, -0.05) is 6.07 Å². The molecule has 104 valence electrons. The third-order valence-electron chi connectivity index (χ3n) is 3.53.